The minimum Gasteiger partial charge on any atom is -0.329 e. The van der Waals surface area contributed by atoms with Crippen LogP contribution >= 0.6 is 0 Å². The third-order valence-electron chi connectivity index (χ3n) is 4.02. The van der Waals surface area contributed by atoms with E-state index in [1.54, 1.807) is 0 Å². The van der Waals surface area contributed by atoms with Gasteiger partial charge in [-0.05, 0) is 18.3 Å². The third-order valence-corrected chi connectivity index (χ3v) is 4.02. The fourth-order valence-corrected chi connectivity index (χ4v) is 2.53. The van der Waals surface area contributed by atoms with Crippen LogP contribution in [0.3, 0.4) is 0 Å². The van der Waals surface area contributed by atoms with Crippen molar-refractivity contribution in [1.29, 1.82) is 0 Å². The van der Waals surface area contributed by atoms with E-state index in [-0.39, 0.29) is 0 Å². The molecular weight excluding hydrogens is 160 g/mol. The Hall–Kier alpha value is -0.0800. The normalized spacial score (nSPS) is 32.3. The molecule has 2 rings (SSSR count). The van der Waals surface area contributed by atoms with Gasteiger partial charge in [-0.25, -0.2) is 0 Å². The molecule has 0 aromatic heterocycles. The largest absolute Gasteiger partial charge is 0.329 e. The van der Waals surface area contributed by atoms with Crippen molar-refractivity contribution >= 4 is 0 Å². The Kier molecular flexibility index (Phi) is 2.89. The van der Waals surface area contributed by atoms with Crippen molar-refractivity contribution in [1.82, 2.24) is 4.90 Å². The maximum Gasteiger partial charge on any atom is 0.0230 e. The van der Waals surface area contributed by atoms with Gasteiger partial charge in [0.15, 0.2) is 0 Å². The van der Waals surface area contributed by atoms with Gasteiger partial charge in [-0.3, -0.25) is 4.90 Å². The Morgan fingerprint density at radius 1 is 1.38 bits per heavy atom. The Labute approximate surface area is 81.5 Å². The van der Waals surface area contributed by atoms with Crippen LogP contribution in [0.1, 0.15) is 32.6 Å². The smallest absolute Gasteiger partial charge is 0.0230 e. The Balaban J connectivity index is 1.70. The van der Waals surface area contributed by atoms with Gasteiger partial charge in [0.25, 0.3) is 0 Å². The lowest BCUT2D eigenvalue weighted by atomic mass is 9.76. The van der Waals surface area contributed by atoms with E-state index in [2.05, 4.69) is 11.8 Å². The highest BCUT2D eigenvalue weighted by Gasteiger charge is 2.31. The number of likely N-dealkylation sites (tertiary alicyclic amines) is 1. The number of hydrogen-bond acceptors (Lipinski definition) is 2. The zero-order chi connectivity index (χ0) is 9.26. The van der Waals surface area contributed by atoms with E-state index in [1.165, 1.54) is 38.8 Å². The monoisotopic (exact) mass is 182 g/mol. The molecule has 2 fully saturated rings. The van der Waals surface area contributed by atoms with Crippen LogP contribution in [0.4, 0.5) is 0 Å². The average Bonchev–Trinajstić information content (AvgIpc) is 1.96. The zero-order valence-corrected chi connectivity index (χ0v) is 8.71. The van der Waals surface area contributed by atoms with Gasteiger partial charge in [0.2, 0.25) is 0 Å². The van der Waals surface area contributed by atoms with Crippen molar-refractivity contribution < 1.29 is 0 Å². The van der Waals surface area contributed by atoms with Crippen LogP contribution in [0, 0.1) is 11.8 Å². The summed E-state index contributed by atoms with van der Waals surface area (Å²) in [4.78, 5) is 2.57. The summed E-state index contributed by atoms with van der Waals surface area (Å²) in [5, 5.41) is 0. The zero-order valence-electron chi connectivity index (χ0n) is 8.71. The summed E-state index contributed by atoms with van der Waals surface area (Å²) in [6.45, 7) is 5.86. The molecule has 76 valence electrons. The van der Waals surface area contributed by atoms with Crippen LogP contribution in [0.5, 0.6) is 0 Å². The molecule has 0 aromatic carbocycles. The van der Waals surface area contributed by atoms with Crippen LogP contribution in [-0.2, 0) is 0 Å². The number of nitrogens with two attached hydrogens (primary N) is 1. The highest BCUT2D eigenvalue weighted by molar-refractivity contribution is 4.86. The summed E-state index contributed by atoms with van der Waals surface area (Å²) < 4.78 is 0. The minimum absolute atomic E-state index is 0.711. The van der Waals surface area contributed by atoms with Crippen molar-refractivity contribution in [2.75, 3.05) is 19.6 Å². The highest BCUT2D eigenvalue weighted by Crippen LogP contribution is 2.34. The first-order valence-electron chi connectivity index (χ1n) is 5.75. The summed E-state index contributed by atoms with van der Waals surface area (Å²) in [5.41, 5.74) is 5.68. The van der Waals surface area contributed by atoms with Gasteiger partial charge >= 0.3 is 0 Å². The molecule has 2 heteroatoms. The van der Waals surface area contributed by atoms with Gasteiger partial charge in [-0.15, -0.1) is 0 Å². The molecule has 2 nitrogen and oxygen atoms in total. The van der Waals surface area contributed by atoms with E-state index in [0.29, 0.717) is 6.04 Å². The van der Waals surface area contributed by atoms with Crippen LogP contribution in [-0.4, -0.2) is 30.6 Å². The summed E-state index contributed by atoms with van der Waals surface area (Å²) in [7, 11) is 0. The molecule has 1 aliphatic carbocycles. The highest BCUT2D eigenvalue weighted by atomic mass is 15.2. The van der Waals surface area contributed by atoms with Gasteiger partial charge in [-0.2, -0.15) is 0 Å². The Bertz CT molecular complexity index is 155. The second-order valence-corrected chi connectivity index (χ2v) is 4.84. The van der Waals surface area contributed by atoms with Gasteiger partial charge < -0.3 is 5.73 Å². The molecule has 2 atom stereocenters. The fourth-order valence-electron chi connectivity index (χ4n) is 2.53. The molecule has 1 saturated heterocycles. The number of rotatable bonds is 4. The molecule has 13 heavy (non-hydrogen) atoms. The Morgan fingerprint density at radius 2 is 2.15 bits per heavy atom. The summed E-state index contributed by atoms with van der Waals surface area (Å²) in [6, 6.07) is 0.711. The molecule has 2 unspecified atom stereocenters. The molecule has 0 bridgehead atoms. The molecule has 0 aromatic rings. The van der Waals surface area contributed by atoms with Crippen LogP contribution in [0.2, 0.25) is 0 Å². The molecule has 1 heterocycles. The fraction of sp³-hybridized carbons (Fsp3) is 1.00. The predicted octanol–water partition coefficient (Wildman–Crippen LogP) is 1.46. The lowest BCUT2D eigenvalue weighted by Gasteiger charge is -2.44. The van der Waals surface area contributed by atoms with Gasteiger partial charge in [0.05, 0.1) is 0 Å². The van der Waals surface area contributed by atoms with E-state index < -0.39 is 0 Å². The average molecular weight is 182 g/mol. The predicted molar refractivity (Wildman–Crippen MR) is 55.5 cm³/mol. The molecule has 1 aliphatic heterocycles. The first-order chi connectivity index (χ1) is 6.31. The quantitative estimate of drug-likeness (QED) is 0.713. The maximum absolute atomic E-state index is 5.68. The summed E-state index contributed by atoms with van der Waals surface area (Å²) in [6.07, 6.45) is 5.74. The van der Waals surface area contributed by atoms with E-state index >= 15 is 0 Å². The molecule has 0 spiro atoms. The molecule has 1 saturated carbocycles. The topological polar surface area (TPSA) is 29.3 Å². The van der Waals surface area contributed by atoms with Crippen LogP contribution in [0.15, 0.2) is 0 Å². The van der Waals surface area contributed by atoms with Crippen molar-refractivity contribution in [3.63, 3.8) is 0 Å². The number of hydrogen-bond donors (Lipinski definition) is 1. The summed E-state index contributed by atoms with van der Waals surface area (Å²) in [5.74, 6) is 1.93. The van der Waals surface area contributed by atoms with Crippen LogP contribution < -0.4 is 5.73 Å². The van der Waals surface area contributed by atoms with Crippen molar-refractivity contribution in [3.05, 3.63) is 0 Å². The van der Waals surface area contributed by atoms with Gasteiger partial charge in [-0.1, -0.05) is 26.2 Å². The minimum atomic E-state index is 0.711. The first kappa shape index (κ1) is 9.47. The van der Waals surface area contributed by atoms with E-state index in [9.17, 15) is 0 Å². The second-order valence-electron chi connectivity index (χ2n) is 4.84. The first-order valence-corrected chi connectivity index (χ1v) is 5.75. The molecular formula is C11H22N2. The van der Waals surface area contributed by atoms with E-state index in [4.69, 9.17) is 5.73 Å². The van der Waals surface area contributed by atoms with Crippen molar-refractivity contribution in [3.8, 4) is 0 Å². The lowest BCUT2D eigenvalue weighted by Crippen LogP contribution is -2.53. The SMILES string of the molecule is CC(CN1CCC1CN)C1CCC1. The second kappa shape index (κ2) is 3.97. The standard InChI is InChI=1S/C11H22N2/c1-9(10-3-2-4-10)8-13-6-5-11(13)7-12/h9-11H,2-8,12H2,1H3. The Morgan fingerprint density at radius 3 is 2.54 bits per heavy atom. The van der Waals surface area contributed by atoms with Gasteiger partial charge in [0.1, 0.15) is 0 Å². The number of nitrogens with zero attached hydrogens (tertiary/aromatic N) is 1. The third kappa shape index (κ3) is 1.89. The summed E-state index contributed by atoms with van der Waals surface area (Å²) >= 11 is 0. The van der Waals surface area contributed by atoms with Crippen molar-refractivity contribution in [2.45, 2.75) is 38.6 Å². The van der Waals surface area contributed by atoms with Gasteiger partial charge in [0, 0.05) is 25.7 Å². The van der Waals surface area contributed by atoms with E-state index in [1.807, 2.05) is 0 Å². The van der Waals surface area contributed by atoms with Crippen molar-refractivity contribution in [2.24, 2.45) is 17.6 Å². The lowest BCUT2D eigenvalue weighted by molar-refractivity contribution is 0.0546. The molecule has 2 aliphatic rings. The van der Waals surface area contributed by atoms with E-state index in [0.717, 1.165) is 18.4 Å². The maximum atomic E-state index is 5.68. The molecule has 0 amide bonds. The van der Waals surface area contributed by atoms with Crippen LogP contribution in [0.25, 0.3) is 0 Å². The molecule has 2 N–H and O–H groups in total. The molecule has 0 radical (unpaired) electrons.